The molecule has 0 bridgehead atoms. The van der Waals surface area contributed by atoms with Crippen LogP contribution < -0.4 is 0 Å². The highest BCUT2D eigenvalue weighted by atomic mass is 35.5. The summed E-state index contributed by atoms with van der Waals surface area (Å²) >= 11 is 6.00. The van der Waals surface area contributed by atoms with E-state index < -0.39 is 35.1 Å². The average Bonchev–Trinajstić information content (AvgIpc) is 2.85. The van der Waals surface area contributed by atoms with Crippen molar-refractivity contribution < 1.29 is 24.0 Å². The fraction of sp³-hybridized carbons (Fsp3) is 0.115. The fourth-order valence-corrected chi connectivity index (χ4v) is 4.23. The summed E-state index contributed by atoms with van der Waals surface area (Å²) in [6.07, 6.45) is -0.0835. The Morgan fingerprint density at radius 3 is 1.76 bits per heavy atom. The minimum absolute atomic E-state index is 0.0336. The maximum Gasteiger partial charge on any atom is 0.347 e. The first-order chi connectivity index (χ1) is 16.3. The number of hydrogen-bond acceptors (Lipinski definition) is 5. The summed E-state index contributed by atoms with van der Waals surface area (Å²) in [6, 6.07) is 20.2. The maximum absolute atomic E-state index is 13.8. The zero-order valence-electron chi connectivity index (χ0n) is 18.1. The van der Waals surface area contributed by atoms with Crippen LogP contribution in [0.4, 0.5) is 4.79 Å². The second kappa shape index (κ2) is 9.03. The number of amides is 6. The van der Waals surface area contributed by atoms with Crippen molar-refractivity contribution in [3.8, 4) is 0 Å². The van der Waals surface area contributed by atoms with E-state index in [1.54, 1.807) is 55.5 Å². The van der Waals surface area contributed by atoms with E-state index in [2.05, 4.69) is 0 Å². The lowest BCUT2D eigenvalue weighted by atomic mass is 9.74. The van der Waals surface area contributed by atoms with Gasteiger partial charge in [-0.2, -0.15) is 9.80 Å². The quantitative estimate of drug-likeness (QED) is 0.411. The number of benzene rings is 3. The lowest BCUT2D eigenvalue weighted by Gasteiger charge is -2.42. The van der Waals surface area contributed by atoms with Gasteiger partial charge in [0.2, 0.25) is 0 Å². The van der Waals surface area contributed by atoms with Crippen molar-refractivity contribution in [3.63, 3.8) is 0 Å². The van der Waals surface area contributed by atoms with Gasteiger partial charge in [-0.3, -0.25) is 19.2 Å². The summed E-state index contributed by atoms with van der Waals surface area (Å²) in [5.74, 6) is -3.93. The molecular weight excluding hydrogens is 456 g/mol. The van der Waals surface area contributed by atoms with Gasteiger partial charge in [0.05, 0.1) is 0 Å². The van der Waals surface area contributed by atoms with Gasteiger partial charge in [-0.05, 0) is 42.3 Å². The lowest BCUT2D eigenvalue weighted by Crippen LogP contribution is -2.69. The number of urea groups is 1. The molecule has 0 radical (unpaired) electrons. The Morgan fingerprint density at radius 1 is 0.735 bits per heavy atom. The predicted molar refractivity (Wildman–Crippen MR) is 124 cm³/mol. The van der Waals surface area contributed by atoms with E-state index in [1.807, 2.05) is 0 Å². The topological polar surface area (TPSA) is 91.8 Å². The zero-order valence-corrected chi connectivity index (χ0v) is 18.9. The molecule has 0 aliphatic carbocycles. The van der Waals surface area contributed by atoms with E-state index in [0.29, 0.717) is 9.80 Å². The van der Waals surface area contributed by atoms with Crippen LogP contribution in [0.5, 0.6) is 0 Å². The van der Waals surface area contributed by atoms with Gasteiger partial charge in [-0.25, -0.2) is 4.79 Å². The molecule has 3 aromatic rings. The predicted octanol–water partition coefficient (Wildman–Crippen LogP) is 4.46. The van der Waals surface area contributed by atoms with Gasteiger partial charge in [0.1, 0.15) is 0 Å². The zero-order chi connectivity index (χ0) is 24.5. The fourth-order valence-electron chi connectivity index (χ4n) is 4.04. The summed E-state index contributed by atoms with van der Waals surface area (Å²) in [7, 11) is 0. The molecule has 0 saturated carbocycles. The van der Waals surface area contributed by atoms with Crippen molar-refractivity contribution in [2.24, 2.45) is 0 Å². The number of carbonyl (C=O) groups excluding carboxylic acids is 5. The Hall–Kier alpha value is -4.10. The molecule has 4 rings (SSSR count). The largest absolute Gasteiger partial charge is 0.347 e. The summed E-state index contributed by atoms with van der Waals surface area (Å²) in [6.45, 7) is 1.59. The Kier molecular flexibility index (Phi) is 6.13. The second-order valence-electron chi connectivity index (χ2n) is 7.68. The second-order valence-corrected chi connectivity index (χ2v) is 8.11. The third kappa shape index (κ3) is 3.60. The number of rotatable bonds is 4. The number of imide groups is 6. The van der Waals surface area contributed by atoms with Gasteiger partial charge in [0.25, 0.3) is 23.6 Å². The van der Waals surface area contributed by atoms with Crippen molar-refractivity contribution in [1.29, 1.82) is 0 Å². The molecule has 1 aliphatic rings. The third-order valence-corrected chi connectivity index (χ3v) is 6.05. The van der Waals surface area contributed by atoms with Crippen molar-refractivity contribution in [1.82, 2.24) is 9.80 Å². The number of hydrogen-bond donors (Lipinski definition) is 0. The van der Waals surface area contributed by atoms with Gasteiger partial charge in [0.15, 0.2) is 5.41 Å². The van der Waals surface area contributed by atoms with Crippen LogP contribution in [0.2, 0.25) is 5.02 Å². The van der Waals surface area contributed by atoms with Crippen LogP contribution in [-0.4, -0.2) is 39.5 Å². The van der Waals surface area contributed by atoms with Gasteiger partial charge in [-0.15, -0.1) is 0 Å². The van der Waals surface area contributed by atoms with E-state index in [4.69, 9.17) is 11.6 Å². The van der Waals surface area contributed by atoms with Crippen LogP contribution in [0, 0.1) is 0 Å². The smallest absolute Gasteiger partial charge is 0.272 e. The molecule has 0 spiro atoms. The monoisotopic (exact) mass is 474 g/mol. The van der Waals surface area contributed by atoms with E-state index in [1.165, 1.54) is 36.4 Å². The molecule has 0 aromatic heterocycles. The Morgan fingerprint density at radius 2 is 1.24 bits per heavy atom. The van der Waals surface area contributed by atoms with Crippen molar-refractivity contribution >= 4 is 41.3 Å². The lowest BCUT2D eigenvalue weighted by molar-refractivity contribution is -0.148. The van der Waals surface area contributed by atoms with Gasteiger partial charge >= 0.3 is 6.03 Å². The van der Waals surface area contributed by atoms with Crippen LogP contribution >= 0.6 is 11.6 Å². The molecule has 34 heavy (non-hydrogen) atoms. The first kappa shape index (κ1) is 23.1. The molecule has 1 heterocycles. The first-order valence-corrected chi connectivity index (χ1v) is 10.9. The standard InChI is InChI=1S/C26H19ClN2O5/c1-2-26(19-13-7-4-8-14-19)23(32)28(21(30)17-10-5-3-6-11-17)25(34)29(24(26)33)22(31)18-12-9-15-20(27)16-18/h3-16H,2H2,1H3. The molecule has 7 nitrogen and oxygen atoms in total. The summed E-state index contributed by atoms with van der Waals surface area (Å²) < 4.78 is 0. The highest BCUT2D eigenvalue weighted by Crippen LogP contribution is 2.38. The highest BCUT2D eigenvalue weighted by molar-refractivity contribution is 6.35. The van der Waals surface area contributed by atoms with Crippen LogP contribution in [0.25, 0.3) is 0 Å². The van der Waals surface area contributed by atoms with Gasteiger partial charge in [-0.1, -0.05) is 73.1 Å². The SMILES string of the molecule is CCC1(c2ccccc2)C(=O)N(C(=O)c2ccccc2)C(=O)N(C(=O)c2cccc(Cl)c2)C1=O. The van der Waals surface area contributed by atoms with E-state index in [-0.39, 0.29) is 28.1 Å². The minimum atomic E-state index is -1.95. The molecule has 1 atom stereocenters. The summed E-state index contributed by atoms with van der Waals surface area (Å²) in [5, 5.41) is 0.223. The van der Waals surface area contributed by atoms with E-state index in [9.17, 15) is 24.0 Å². The molecule has 8 heteroatoms. The van der Waals surface area contributed by atoms with Gasteiger partial charge in [0, 0.05) is 16.1 Å². The minimum Gasteiger partial charge on any atom is -0.272 e. The van der Waals surface area contributed by atoms with E-state index >= 15 is 0 Å². The van der Waals surface area contributed by atoms with Crippen molar-refractivity contribution in [3.05, 3.63) is 107 Å². The number of nitrogens with zero attached hydrogens (tertiary/aromatic N) is 2. The molecule has 3 aromatic carbocycles. The molecular formula is C26H19ClN2O5. The Balaban J connectivity index is 1.92. The van der Waals surface area contributed by atoms with Crippen molar-refractivity contribution in [2.75, 3.05) is 0 Å². The normalized spacial score (nSPS) is 18.2. The molecule has 170 valence electrons. The molecule has 6 amide bonds. The van der Waals surface area contributed by atoms with E-state index in [0.717, 1.165) is 0 Å². The maximum atomic E-state index is 13.8. The van der Waals surface area contributed by atoms with Crippen LogP contribution in [0.15, 0.2) is 84.9 Å². The van der Waals surface area contributed by atoms with Gasteiger partial charge < -0.3 is 0 Å². The Labute approximate surface area is 200 Å². The van der Waals surface area contributed by atoms with Crippen LogP contribution in [0.3, 0.4) is 0 Å². The average molecular weight is 475 g/mol. The number of carbonyl (C=O) groups is 5. The highest BCUT2D eigenvalue weighted by Gasteiger charge is 2.60. The van der Waals surface area contributed by atoms with Crippen molar-refractivity contribution in [2.45, 2.75) is 18.8 Å². The third-order valence-electron chi connectivity index (χ3n) is 5.81. The summed E-state index contributed by atoms with van der Waals surface area (Å²) in [5.41, 5.74) is -1.65. The molecule has 1 fully saturated rings. The van der Waals surface area contributed by atoms with Crippen LogP contribution in [0.1, 0.15) is 39.6 Å². The Bertz CT molecular complexity index is 1310. The molecule has 1 aliphatic heterocycles. The molecule has 1 saturated heterocycles. The summed E-state index contributed by atoms with van der Waals surface area (Å²) in [4.78, 5) is 68.5. The molecule has 1 unspecified atom stereocenters. The first-order valence-electron chi connectivity index (χ1n) is 10.5. The molecule has 0 N–H and O–H groups in total. The van der Waals surface area contributed by atoms with Crippen LogP contribution in [-0.2, 0) is 15.0 Å². The number of halogens is 1. The number of barbiturate groups is 1.